The van der Waals surface area contributed by atoms with Crippen molar-refractivity contribution in [2.45, 2.75) is 32.7 Å². The Labute approximate surface area is 150 Å². The number of benzene rings is 1. The average molecular weight is 352 g/mol. The van der Waals surface area contributed by atoms with Crippen molar-refractivity contribution in [2.75, 3.05) is 10.7 Å². The van der Waals surface area contributed by atoms with Gasteiger partial charge in [-0.05, 0) is 44.9 Å². The zero-order valence-electron chi connectivity index (χ0n) is 14.2. The quantitative estimate of drug-likeness (QED) is 0.724. The summed E-state index contributed by atoms with van der Waals surface area (Å²) in [6.07, 6.45) is 2.46. The van der Waals surface area contributed by atoms with Crippen LogP contribution >= 0.6 is 11.3 Å². The normalized spacial score (nSPS) is 13.7. The third-order valence-electron chi connectivity index (χ3n) is 4.37. The highest BCUT2D eigenvalue weighted by molar-refractivity contribution is 7.14. The summed E-state index contributed by atoms with van der Waals surface area (Å²) in [5.74, 6) is -0.122. The van der Waals surface area contributed by atoms with Crippen LogP contribution in [0.1, 0.15) is 34.6 Å². The molecule has 0 radical (unpaired) electrons. The Morgan fingerprint density at radius 2 is 2.00 bits per heavy atom. The van der Waals surface area contributed by atoms with Crippen molar-refractivity contribution in [3.8, 4) is 11.3 Å². The molecule has 128 valence electrons. The zero-order valence-corrected chi connectivity index (χ0v) is 15.1. The zero-order chi connectivity index (χ0) is 17.4. The van der Waals surface area contributed by atoms with E-state index in [-0.39, 0.29) is 5.91 Å². The Morgan fingerprint density at radius 1 is 1.24 bits per heavy atom. The highest BCUT2D eigenvalue weighted by atomic mass is 32.1. The summed E-state index contributed by atoms with van der Waals surface area (Å²) in [5.41, 5.74) is 7.56. The lowest BCUT2D eigenvalue weighted by Gasteiger charge is -2.11. The fraction of sp³-hybridized carbons (Fsp3) is 0.263. The molecule has 1 saturated carbocycles. The van der Waals surface area contributed by atoms with Crippen LogP contribution in [-0.4, -0.2) is 21.6 Å². The van der Waals surface area contributed by atoms with Crippen molar-refractivity contribution in [3.05, 3.63) is 58.7 Å². The number of nitrogens with one attached hydrogen (secondary N) is 2. The molecule has 2 aromatic heterocycles. The number of amides is 1. The lowest BCUT2D eigenvalue weighted by atomic mass is 10.2. The Kier molecular flexibility index (Phi) is 4.05. The second-order valence-electron chi connectivity index (χ2n) is 6.38. The SMILES string of the molecule is Cc1cc(-c2csc(NC3CC3)n2)c(C)n1NC(=O)c1ccccc1. The minimum atomic E-state index is -0.122. The van der Waals surface area contributed by atoms with Crippen LogP contribution in [0.4, 0.5) is 5.13 Å². The van der Waals surface area contributed by atoms with Gasteiger partial charge in [-0.1, -0.05) is 18.2 Å². The number of nitrogens with zero attached hydrogens (tertiary/aromatic N) is 2. The van der Waals surface area contributed by atoms with E-state index in [1.165, 1.54) is 12.8 Å². The standard InChI is InChI=1S/C19H20N4OS/c1-12-10-16(17-11-25-19(21-17)20-15-8-9-15)13(2)23(12)22-18(24)14-6-4-3-5-7-14/h3-7,10-11,15H,8-9H2,1-2H3,(H,20,21)(H,22,24). The van der Waals surface area contributed by atoms with Crippen molar-refractivity contribution in [3.63, 3.8) is 0 Å². The van der Waals surface area contributed by atoms with Crippen LogP contribution in [0.2, 0.25) is 0 Å². The van der Waals surface area contributed by atoms with Crippen LogP contribution in [-0.2, 0) is 0 Å². The fourth-order valence-electron chi connectivity index (χ4n) is 2.82. The lowest BCUT2D eigenvalue weighted by Crippen LogP contribution is -2.24. The van der Waals surface area contributed by atoms with Crippen LogP contribution in [0.3, 0.4) is 0 Å². The second-order valence-corrected chi connectivity index (χ2v) is 7.24. The summed E-state index contributed by atoms with van der Waals surface area (Å²) in [4.78, 5) is 17.1. The van der Waals surface area contributed by atoms with Gasteiger partial charge in [-0.3, -0.25) is 14.9 Å². The number of hydrogen-bond acceptors (Lipinski definition) is 4. The number of thiazole rings is 1. The van der Waals surface area contributed by atoms with E-state index in [9.17, 15) is 4.79 Å². The summed E-state index contributed by atoms with van der Waals surface area (Å²) in [6.45, 7) is 3.98. The first-order valence-electron chi connectivity index (χ1n) is 8.39. The predicted molar refractivity (Wildman–Crippen MR) is 102 cm³/mol. The molecule has 0 saturated heterocycles. The van der Waals surface area contributed by atoms with E-state index >= 15 is 0 Å². The van der Waals surface area contributed by atoms with Crippen molar-refractivity contribution in [1.82, 2.24) is 9.66 Å². The van der Waals surface area contributed by atoms with Gasteiger partial charge < -0.3 is 5.32 Å². The Balaban J connectivity index is 1.58. The van der Waals surface area contributed by atoms with Gasteiger partial charge in [-0.25, -0.2) is 4.98 Å². The van der Waals surface area contributed by atoms with E-state index in [2.05, 4.69) is 22.2 Å². The van der Waals surface area contributed by atoms with Crippen LogP contribution in [0.25, 0.3) is 11.3 Å². The molecule has 0 atom stereocenters. The van der Waals surface area contributed by atoms with Gasteiger partial charge in [0.1, 0.15) is 0 Å². The van der Waals surface area contributed by atoms with E-state index in [0.29, 0.717) is 11.6 Å². The molecule has 1 aliphatic rings. The molecule has 2 N–H and O–H groups in total. The summed E-state index contributed by atoms with van der Waals surface area (Å²) < 4.78 is 1.83. The molecule has 1 amide bonds. The number of rotatable bonds is 5. The van der Waals surface area contributed by atoms with Gasteiger partial charge in [0.15, 0.2) is 5.13 Å². The molecule has 6 heteroatoms. The second kappa shape index (κ2) is 6.37. The molecule has 1 fully saturated rings. The Bertz CT molecular complexity index is 909. The fourth-order valence-corrected chi connectivity index (χ4v) is 3.60. The highest BCUT2D eigenvalue weighted by Gasteiger charge is 2.22. The van der Waals surface area contributed by atoms with Crippen molar-refractivity contribution in [2.24, 2.45) is 0 Å². The van der Waals surface area contributed by atoms with Gasteiger partial charge in [0, 0.05) is 33.9 Å². The molecule has 3 aromatic rings. The molecular weight excluding hydrogens is 332 g/mol. The minimum absolute atomic E-state index is 0.122. The molecule has 1 aliphatic carbocycles. The summed E-state index contributed by atoms with van der Waals surface area (Å²) in [7, 11) is 0. The van der Waals surface area contributed by atoms with Crippen LogP contribution in [0, 0.1) is 13.8 Å². The minimum Gasteiger partial charge on any atom is -0.359 e. The Hall–Kier alpha value is -2.60. The largest absolute Gasteiger partial charge is 0.359 e. The number of carbonyl (C=O) groups excluding carboxylic acids is 1. The number of aromatic nitrogens is 2. The topological polar surface area (TPSA) is 59.0 Å². The van der Waals surface area contributed by atoms with Gasteiger partial charge in [0.05, 0.1) is 5.69 Å². The maximum absolute atomic E-state index is 12.4. The summed E-state index contributed by atoms with van der Waals surface area (Å²) >= 11 is 1.63. The van der Waals surface area contributed by atoms with Crippen molar-refractivity contribution >= 4 is 22.4 Å². The van der Waals surface area contributed by atoms with Crippen LogP contribution < -0.4 is 10.7 Å². The first-order chi connectivity index (χ1) is 12.1. The maximum Gasteiger partial charge on any atom is 0.270 e. The monoisotopic (exact) mass is 352 g/mol. The number of hydrogen-bond donors (Lipinski definition) is 2. The number of anilines is 1. The molecule has 4 rings (SSSR count). The van der Waals surface area contributed by atoms with Gasteiger partial charge in [0.25, 0.3) is 5.91 Å². The Morgan fingerprint density at radius 3 is 2.72 bits per heavy atom. The van der Waals surface area contributed by atoms with Crippen molar-refractivity contribution < 1.29 is 4.79 Å². The molecule has 25 heavy (non-hydrogen) atoms. The maximum atomic E-state index is 12.4. The van der Waals surface area contributed by atoms with Crippen LogP contribution in [0.5, 0.6) is 0 Å². The molecule has 0 spiro atoms. The summed E-state index contributed by atoms with van der Waals surface area (Å²) in [5, 5.41) is 6.46. The third kappa shape index (κ3) is 3.30. The van der Waals surface area contributed by atoms with Gasteiger partial charge >= 0.3 is 0 Å². The predicted octanol–water partition coefficient (Wildman–Crippen LogP) is 4.19. The average Bonchev–Trinajstić information content (AvgIpc) is 3.25. The molecule has 0 unspecified atom stereocenters. The van der Waals surface area contributed by atoms with Gasteiger partial charge in [-0.2, -0.15) is 0 Å². The van der Waals surface area contributed by atoms with Gasteiger partial charge in [0.2, 0.25) is 0 Å². The lowest BCUT2D eigenvalue weighted by molar-refractivity contribution is 0.101. The smallest absolute Gasteiger partial charge is 0.270 e. The molecule has 5 nitrogen and oxygen atoms in total. The number of aryl methyl sites for hydroxylation is 1. The molecule has 1 aromatic carbocycles. The van der Waals surface area contributed by atoms with Crippen LogP contribution in [0.15, 0.2) is 41.8 Å². The molecule has 2 heterocycles. The van der Waals surface area contributed by atoms with E-state index in [0.717, 1.165) is 27.8 Å². The third-order valence-corrected chi connectivity index (χ3v) is 5.14. The van der Waals surface area contributed by atoms with Crippen molar-refractivity contribution in [1.29, 1.82) is 0 Å². The summed E-state index contributed by atoms with van der Waals surface area (Å²) in [6, 6.07) is 11.9. The highest BCUT2D eigenvalue weighted by Crippen LogP contribution is 2.32. The first-order valence-corrected chi connectivity index (χ1v) is 9.27. The molecule has 0 bridgehead atoms. The first kappa shape index (κ1) is 15.9. The van der Waals surface area contributed by atoms with E-state index in [4.69, 9.17) is 4.98 Å². The van der Waals surface area contributed by atoms with E-state index in [1.54, 1.807) is 23.5 Å². The number of carbonyl (C=O) groups is 1. The van der Waals surface area contributed by atoms with E-state index in [1.807, 2.05) is 36.7 Å². The molecular formula is C19H20N4OS. The molecule has 0 aliphatic heterocycles. The van der Waals surface area contributed by atoms with Gasteiger partial charge in [-0.15, -0.1) is 11.3 Å². The van der Waals surface area contributed by atoms with E-state index < -0.39 is 0 Å².